The van der Waals surface area contributed by atoms with Gasteiger partial charge in [-0.1, -0.05) is 5.16 Å². The van der Waals surface area contributed by atoms with Gasteiger partial charge in [-0.25, -0.2) is 8.42 Å². The van der Waals surface area contributed by atoms with Crippen LogP contribution < -0.4 is 19.5 Å². The second-order valence-corrected chi connectivity index (χ2v) is 8.65. The highest BCUT2D eigenvalue weighted by atomic mass is 32.2. The molecular formula is C21H24N4O6S. The van der Waals surface area contributed by atoms with E-state index >= 15 is 0 Å². The maximum Gasteiger partial charge on any atom is 0.246 e. The molecule has 0 unspecified atom stereocenters. The first-order chi connectivity index (χ1) is 15.2. The molecule has 0 radical (unpaired) electrons. The zero-order valence-electron chi connectivity index (χ0n) is 18.1. The van der Waals surface area contributed by atoms with Gasteiger partial charge in [-0.2, -0.15) is 4.72 Å². The number of ether oxygens (including phenoxy) is 2. The van der Waals surface area contributed by atoms with Crippen LogP contribution in [0.15, 0.2) is 52.1 Å². The van der Waals surface area contributed by atoms with Crippen molar-refractivity contribution in [2.24, 2.45) is 0 Å². The lowest BCUT2D eigenvalue weighted by atomic mass is 10.2. The number of carbonyl (C=O) groups is 1. The van der Waals surface area contributed by atoms with Gasteiger partial charge in [0.2, 0.25) is 15.9 Å². The van der Waals surface area contributed by atoms with Gasteiger partial charge in [0.1, 0.15) is 17.2 Å². The molecule has 0 bridgehead atoms. The summed E-state index contributed by atoms with van der Waals surface area (Å²) in [6.45, 7) is 4.73. The van der Waals surface area contributed by atoms with Crippen molar-refractivity contribution in [3.05, 3.63) is 59.7 Å². The summed E-state index contributed by atoms with van der Waals surface area (Å²) in [6, 6.07) is 7.47. The number of aromatic nitrogens is 2. The van der Waals surface area contributed by atoms with E-state index in [1.54, 1.807) is 30.6 Å². The van der Waals surface area contributed by atoms with Crippen molar-refractivity contribution in [2.75, 3.05) is 12.4 Å². The summed E-state index contributed by atoms with van der Waals surface area (Å²) >= 11 is 0. The Morgan fingerprint density at radius 2 is 1.88 bits per heavy atom. The number of sulfonamides is 1. The number of nitrogens with zero attached hydrogens (tertiary/aromatic N) is 2. The number of pyridine rings is 1. The molecule has 3 aromatic rings. The largest absolute Gasteiger partial charge is 0.493 e. The molecule has 0 aliphatic carbocycles. The van der Waals surface area contributed by atoms with E-state index in [4.69, 9.17) is 14.0 Å². The number of hydrogen-bond acceptors (Lipinski definition) is 8. The Labute approximate surface area is 186 Å². The number of amides is 1. The van der Waals surface area contributed by atoms with Crippen molar-refractivity contribution in [3.63, 3.8) is 0 Å². The summed E-state index contributed by atoms with van der Waals surface area (Å²) in [4.78, 5) is 16.5. The number of hydrogen-bond donors (Lipinski definition) is 2. The van der Waals surface area contributed by atoms with Crippen LogP contribution in [0, 0.1) is 13.8 Å². The highest BCUT2D eigenvalue weighted by Crippen LogP contribution is 2.31. The summed E-state index contributed by atoms with van der Waals surface area (Å²) in [6.07, 6.45) is 3.33. The fraction of sp³-hybridized carbons (Fsp3) is 0.286. The molecule has 1 amide bonds. The summed E-state index contributed by atoms with van der Waals surface area (Å²) in [5.41, 5.74) is 1.55. The molecule has 10 nitrogen and oxygen atoms in total. The van der Waals surface area contributed by atoms with Crippen molar-refractivity contribution in [2.45, 2.75) is 38.3 Å². The van der Waals surface area contributed by atoms with E-state index in [0.717, 1.165) is 5.56 Å². The number of aryl methyl sites for hydroxylation is 2. The summed E-state index contributed by atoms with van der Waals surface area (Å²) in [5, 5.41) is 6.32. The summed E-state index contributed by atoms with van der Waals surface area (Å²) < 4.78 is 43.6. The molecule has 2 aromatic heterocycles. The Kier molecular flexibility index (Phi) is 7.11. The van der Waals surface area contributed by atoms with E-state index in [1.807, 2.05) is 12.1 Å². The van der Waals surface area contributed by atoms with Crippen LogP contribution >= 0.6 is 0 Å². The van der Waals surface area contributed by atoms with Gasteiger partial charge < -0.3 is 19.3 Å². The predicted octanol–water partition coefficient (Wildman–Crippen LogP) is 2.58. The molecule has 0 spiro atoms. The van der Waals surface area contributed by atoms with E-state index in [1.165, 1.54) is 27.9 Å². The van der Waals surface area contributed by atoms with Crippen molar-refractivity contribution in [1.29, 1.82) is 0 Å². The molecular weight excluding hydrogens is 436 g/mol. The average Bonchev–Trinajstić information content (AvgIpc) is 3.11. The van der Waals surface area contributed by atoms with E-state index in [-0.39, 0.29) is 23.0 Å². The van der Waals surface area contributed by atoms with Crippen LogP contribution in [0.25, 0.3) is 0 Å². The first-order valence-electron chi connectivity index (χ1n) is 9.67. The number of carbonyl (C=O) groups excluding carboxylic acids is 1. The van der Waals surface area contributed by atoms with Gasteiger partial charge in [-0.15, -0.1) is 0 Å². The minimum Gasteiger partial charge on any atom is -0.493 e. The molecule has 0 saturated carbocycles. The molecule has 170 valence electrons. The lowest BCUT2D eigenvalue weighted by molar-refractivity contribution is -0.117. The Morgan fingerprint density at radius 1 is 1.16 bits per heavy atom. The monoisotopic (exact) mass is 460 g/mol. The third-order valence-corrected chi connectivity index (χ3v) is 6.32. The van der Waals surface area contributed by atoms with Gasteiger partial charge in [0, 0.05) is 24.1 Å². The van der Waals surface area contributed by atoms with E-state index in [0.29, 0.717) is 17.2 Å². The summed E-state index contributed by atoms with van der Waals surface area (Å²) in [5.74, 6) is 0.509. The van der Waals surface area contributed by atoms with Crippen LogP contribution in [0.2, 0.25) is 0 Å². The van der Waals surface area contributed by atoms with Gasteiger partial charge in [-0.05, 0) is 50.6 Å². The SMILES string of the molecule is COc1ccc(NC(=O)[C@H](C)NS(=O)(=O)c2c(C)noc2C)cc1OCc1ccncc1. The Hall–Kier alpha value is -3.44. The average molecular weight is 461 g/mol. The van der Waals surface area contributed by atoms with Crippen molar-refractivity contribution >= 4 is 21.6 Å². The van der Waals surface area contributed by atoms with Crippen LogP contribution in [0.5, 0.6) is 11.5 Å². The van der Waals surface area contributed by atoms with E-state index in [2.05, 4.69) is 20.2 Å². The molecule has 0 aliphatic heterocycles. The van der Waals surface area contributed by atoms with Gasteiger partial charge in [0.05, 0.1) is 13.2 Å². The molecule has 2 N–H and O–H groups in total. The van der Waals surface area contributed by atoms with Gasteiger partial charge in [-0.3, -0.25) is 9.78 Å². The van der Waals surface area contributed by atoms with Crippen molar-refractivity contribution in [1.82, 2.24) is 14.9 Å². The Balaban J connectivity index is 1.70. The first-order valence-corrected chi connectivity index (χ1v) is 11.2. The highest BCUT2D eigenvalue weighted by molar-refractivity contribution is 7.89. The van der Waals surface area contributed by atoms with Crippen LogP contribution in [-0.2, 0) is 21.4 Å². The molecule has 0 fully saturated rings. The Bertz CT molecular complexity index is 1170. The highest BCUT2D eigenvalue weighted by Gasteiger charge is 2.28. The number of nitrogens with one attached hydrogen (secondary N) is 2. The molecule has 3 rings (SSSR count). The second-order valence-electron chi connectivity index (χ2n) is 7.00. The topological polar surface area (TPSA) is 133 Å². The number of anilines is 1. The zero-order valence-corrected chi connectivity index (χ0v) is 18.9. The van der Waals surface area contributed by atoms with Crippen molar-refractivity contribution < 1.29 is 27.2 Å². The minimum absolute atomic E-state index is 0.0756. The van der Waals surface area contributed by atoms with Crippen LogP contribution in [-0.4, -0.2) is 37.6 Å². The maximum atomic E-state index is 12.6. The fourth-order valence-corrected chi connectivity index (χ4v) is 4.49. The minimum atomic E-state index is -3.99. The van der Waals surface area contributed by atoms with Gasteiger partial charge in [0.15, 0.2) is 17.3 Å². The molecule has 32 heavy (non-hydrogen) atoms. The normalized spacial score (nSPS) is 12.2. The third kappa shape index (κ3) is 5.42. The summed E-state index contributed by atoms with van der Waals surface area (Å²) in [7, 11) is -2.48. The van der Waals surface area contributed by atoms with Gasteiger partial charge >= 0.3 is 0 Å². The molecule has 11 heteroatoms. The van der Waals surface area contributed by atoms with E-state index in [9.17, 15) is 13.2 Å². The van der Waals surface area contributed by atoms with Gasteiger partial charge in [0.25, 0.3) is 0 Å². The third-order valence-electron chi connectivity index (χ3n) is 4.54. The van der Waals surface area contributed by atoms with E-state index < -0.39 is 22.0 Å². The molecule has 1 aromatic carbocycles. The quantitative estimate of drug-likeness (QED) is 0.498. The van der Waals surface area contributed by atoms with Crippen LogP contribution in [0.1, 0.15) is 23.9 Å². The smallest absolute Gasteiger partial charge is 0.246 e. The predicted molar refractivity (Wildman–Crippen MR) is 116 cm³/mol. The molecule has 1 atom stereocenters. The van der Waals surface area contributed by atoms with Crippen LogP contribution in [0.3, 0.4) is 0 Å². The van der Waals surface area contributed by atoms with Crippen LogP contribution in [0.4, 0.5) is 5.69 Å². The number of benzene rings is 1. The van der Waals surface area contributed by atoms with Crippen molar-refractivity contribution in [3.8, 4) is 11.5 Å². The second kappa shape index (κ2) is 9.79. The number of methoxy groups -OCH3 is 1. The lowest BCUT2D eigenvalue weighted by Gasteiger charge is -2.16. The lowest BCUT2D eigenvalue weighted by Crippen LogP contribution is -2.41. The molecule has 0 saturated heterocycles. The first kappa shape index (κ1) is 23.2. The maximum absolute atomic E-state index is 12.6. The zero-order chi connectivity index (χ0) is 23.3. The Morgan fingerprint density at radius 3 is 2.50 bits per heavy atom. The number of rotatable bonds is 9. The standard InChI is InChI=1S/C21H24N4O6S/c1-13-20(15(3)31-24-13)32(27,28)25-14(2)21(26)23-17-5-6-18(29-4)19(11-17)30-12-16-7-9-22-10-8-16/h5-11,14,25H,12H2,1-4H3,(H,23,26)/t14-/m0/s1. The molecule has 2 heterocycles. The fourth-order valence-electron chi connectivity index (χ4n) is 2.96. The molecule has 0 aliphatic rings.